The second-order valence-corrected chi connectivity index (χ2v) is 9.49. The molecule has 2 fully saturated rings. The highest BCUT2D eigenvalue weighted by molar-refractivity contribution is 6.10. The highest BCUT2D eigenvalue weighted by Crippen LogP contribution is 2.50. The van der Waals surface area contributed by atoms with E-state index in [9.17, 15) is 14.4 Å². The number of nitrogens with one attached hydrogen (secondary N) is 1. The van der Waals surface area contributed by atoms with Crippen LogP contribution in [0.25, 0.3) is 10.9 Å². The van der Waals surface area contributed by atoms with Crippen molar-refractivity contribution >= 4 is 34.3 Å². The Morgan fingerprint density at radius 2 is 1.65 bits per heavy atom. The number of amides is 3. The number of carbonyl (C=O) groups excluding carboxylic acids is 3. The highest BCUT2D eigenvalue weighted by atomic mass is 16.2. The van der Waals surface area contributed by atoms with Gasteiger partial charge in [-0.05, 0) is 54.5 Å². The van der Waals surface area contributed by atoms with Gasteiger partial charge in [0.15, 0.2) is 0 Å². The molecule has 3 aromatic rings. The standard InChI is InChI=1S/C28H25N3O3/c32-26(30-21-12-13-22-20(16-21)7-4-14-29-22)23(15-17-5-2-1-3-6-17)31-27(33)24-18-8-9-19(11-10-18)25(24)28(31)34/h1-9,12-14,16,18-19,23-25H,10-11,15H2,(H,30,32). The number of carbonyl (C=O) groups is 3. The monoisotopic (exact) mass is 451 g/mol. The quantitative estimate of drug-likeness (QED) is 0.470. The van der Waals surface area contributed by atoms with Gasteiger partial charge in [-0.15, -0.1) is 0 Å². The summed E-state index contributed by atoms with van der Waals surface area (Å²) in [6.45, 7) is 0. The predicted octanol–water partition coefficient (Wildman–Crippen LogP) is 3.98. The number of aromatic nitrogens is 1. The number of hydrogen-bond acceptors (Lipinski definition) is 4. The Hall–Kier alpha value is -3.80. The van der Waals surface area contributed by atoms with E-state index in [1.54, 1.807) is 12.3 Å². The van der Waals surface area contributed by atoms with Gasteiger partial charge in [0.1, 0.15) is 6.04 Å². The molecule has 1 saturated carbocycles. The Balaban J connectivity index is 1.33. The number of allylic oxidation sites excluding steroid dienone is 2. The van der Waals surface area contributed by atoms with E-state index in [1.165, 1.54) is 4.90 Å². The summed E-state index contributed by atoms with van der Waals surface area (Å²) in [6, 6.07) is 17.9. The largest absolute Gasteiger partial charge is 0.324 e. The normalized spacial score (nSPS) is 26.1. The molecule has 7 rings (SSSR count). The molecule has 5 unspecified atom stereocenters. The Bertz CT molecular complexity index is 1290. The summed E-state index contributed by atoms with van der Waals surface area (Å²) < 4.78 is 0. The van der Waals surface area contributed by atoms with Gasteiger partial charge in [0.2, 0.25) is 17.7 Å². The molecule has 1 aliphatic heterocycles. The minimum atomic E-state index is -0.906. The lowest BCUT2D eigenvalue weighted by Crippen LogP contribution is -2.49. The third kappa shape index (κ3) is 3.41. The second-order valence-electron chi connectivity index (χ2n) is 9.49. The van der Waals surface area contributed by atoms with E-state index >= 15 is 0 Å². The summed E-state index contributed by atoms with van der Waals surface area (Å²) in [7, 11) is 0. The maximum absolute atomic E-state index is 13.6. The van der Waals surface area contributed by atoms with E-state index in [2.05, 4.69) is 22.5 Å². The van der Waals surface area contributed by atoms with E-state index in [0.717, 1.165) is 29.3 Å². The van der Waals surface area contributed by atoms with Crippen LogP contribution in [0.1, 0.15) is 18.4 Å². The molecule has 0 radical (unpaired) electrons. The molecular formula is C28H25N3O3. The van der Waals surface area contributed by atoms with Gasteiger partial charge in [-0.25, -0.2) is 0 Å². The van der Waals surface area contributed by atoms with Crippen LogP contribution in [0, 0.1) is 23.7 Å². The lowest BCUT2D eigenvalue weighted by molar-refractivity contribution is -0.146. The molecule has 3 aliphatic carbocycles. The van der Waals surface area contributed by atoms with E-state index < -0.39 is 6.04 Å². The summed E-state index contributed by atoms with van der Waals surface area (Å²) in [4.78, 5) is 46.4. The first kappa shape index (κ1) is 20.8. The third-order valence-electron chi connectivity index (χ3n) is 7.55. The van der Waals surface area contributed by atoms with Crippen LogP contribution in [0.2, 0.25) is 0 Å². The van der Waals surface area contributed by atoms with Crippen LogP contribution in [0.5, 0.6) is 0 Å². The first-order valence-corrected chi connectivity index (χ1v) is 11.8. The number of pyridine rings is 1. The summed E-state index contributed by atoms with van der Waals surface area (Å²) in [6.07, 6.45) is 8.05. The van der Waals surface area contributed by atoms with Crippen LogP contribution in [0.4, 0.5) is 5.69 Å². The molecule has 4 aliphatic rings. The molecule has 2 aromatic carbocycles. The van der Waals surface area contributed by atoms with E-state index in [1.807, 2.05) is 54.6 Å². The zero-order valence-electron chi connectivity index (χ0n) is 18.6. The first-order valence-electron chi connectivity index (χ1n) is 11.8. The predicted molar refractivity (Wildman–Crippen MR) is 128 cm³/mol. The van der Waals surface area contributed by atoms with Crippen molar-refractivity contribution in [2.75, 3.05) is 5.32 Å². The van der Waals surface area contributed by atoms with Crippen LogP contribution >= 0.6 is 0 Å². The fraction of sp³-hybridized carbons (Fsp3) is 0.286. The maximum Gasteiger partial charge on any atom is 0.248 e. The Labute approximate surface area is 197 Å². The average Bonchev–Trinajstić information content (AvgIpc) is 3.16. The first-order chi connectivity index (χ1) is 16.6. The van der Waals surface area contributed by atoms with Crippen molar-refractivity contribution in [3.8, 4) is 0 Å². The molecule has 1 saturated heterocycles. The van der Waals surface area contributed by atoms with Gasteiger partial charge in [0, 0.05) is 23.7 Å². The van der Waals surface area contributed by atoms with E-state index in [0.29, 0.717) is 5.69 Å². The number of imide groups is 1. The minimum Gasteiger partial charge on any atom is -0.324 e. The SMILES string of the molecule is O=C(Nc1ccc2ncccc2c1)C(Cc1ccccc1)N1C(=O)C2C3C=CC(CC3)C2C1=O. The lowest BCUT2D eigenvalue weighted by Gasteiger charge is -2.38. The van der Waals surface area contributed by atoms with Gasteiger partial charge in [0.25, 0.3) is 0 Å². The Morgan fingerprint density at radius 3 is 2.32 bits per heavy atom. The molecule has 2 heterocycles. The van der Waals surface area contributed by atoms with Crippen molar-refractivity contribution in [1.82, 2.24) is 9.88 Å². The Kier molecular flexibility index (Phi) is 5.01. The molecule has 34 heavy (non-hydrogen) atoms. The molecule has 170 valence electrons. The van der Waals surface area contributed by atoms with Gasteiger partial charge in [-0.2, -0.15) is 0 Å². The lowest BCUT2D eigenvalue weighted by atomic mass is 9.63. The smallest absolute Gasteiger partial charge is 0.248 e. The number of likely N-dealkylation sites (tertiary alicyclic amines) is 1. The van der Waals surface area contributed by atoms with Gasteiger partial charge < -0.3 is 5.32 Å². The highest BCUT2D eigenvalue weighted by Gasteiger charge is 2.58. The summed E-state index contributed by atoms with van der Waals surface area (Å²) in [5, 5.41) is 3.87. The van der Waals surface area contributed by atoms with Crippen LogP contribution in [-0.2, 0) is 20.8 Å². The molecule has 1 aromatic heterocycles. The van der Waals surface area contributed by atoms with E-state index in [4.69, 9.17) is 0 Å². The number of fused-ring (bicyclic) bond motifs is 2. The van der Waals surface area contributed by atoms with Crippen molar-refractivity contribution in [2.24, 2.45) is 23.7 Å². The zero-order valence-corrected chi connectivity index (χ0v) is 18.6. The molecule has 0 spiro atoms. The molecule has 2 bridgehead atoms. The van der Waals surface area contributed by atoms with E-state index in [-0.39, 0.29) is 47.8 Å². The number of nitrogens with zero attached hydrogens (tertiary/aromatic N) is 2. The molecule has 3 amide bonds. The van der Waals surface area contributed by atoms with Crippen molar-refractivity contribution in [3.05, 3.63) is 84.6 Å². The number of anilines is 1. The second kappa shape index (κ2) is 8.20. The topological polar surface area (TPSA) is 79.4 Å². The van der Waals surface area contributed by atoms with Gasteiger partial charge >= 0.3 is 0 Å². The van der Waals surface area contributed by atoms with Crippen molar-refractivity contribution in [1.29, 1.82) is 0 Å². The third-order valence-corrected chi connectivity index (χ3v) is 7.55. The van der Waals surface area contributed by atoms with Crippen molar-refractivity contribution in [3.63, 3.8) is 0 Å². The summed E-state index contributed by atoms with van der Waals surface area (Å²) in [5.74, 6) is -1.26. The molecule has 1 N–H and O–H groups in total. The Morgan fingerprint density at radius 1 is 0.941 bits per heavy atom. The minimum absolute atomic E-state index is 0.0878. The van der Waals surface area contributed by atoms with Gasteiger partial charge in [-0.3, -0.25) is 24.3 Å². The van der Waals surface area contributed by atoms with Crippen LogP contribution in [-0.4, -0.2) is 33.6 Å². The molecular weight excluding hydrogens is 426 g/mol. The zero-order chi connectivity index (χ0) is 23.2. The van der Waals surface area contributed by atoms with Crippen molar-refractivity contribution in [2.45, 2.75) is 25.3 Å². The molecule has 6 nitrogen and oxygen atoms in total. The number of hydrogen-bond donors (Lipinski definition) is 1. The van der Waals surface area contributed by atoms with Crippen LogP contribution in [0.3, 0.4) is 0 Å². The fourth-order valence-electron chi connectivity index (χ4n) is 5.92. The fourth-order valence-corrected chi connectivity index (χ4v) is 5.92. The summed E-state index contributed by atoms with van der Waals surface area (Å²) >= 11 is 0. The summed E-state index contributed by atoms with van der Waals surface area (Å²) in [5.41, 5.74) is 2.35. The van der Waals surface area contributed by atoms with Crippen LogP contribution < -0.4 is 5.32 Å². The maximum atomic E-state index is 13.6. The van der Waals surface area contributed by atoms with Gasteiger partial charge in [0.05, 0.1) is 17.4 Å². The molecule has 5 atom stereocenters. The average molecular weight is 452 g/mol. The van der Waals surface area contributed by atoms with Gasteiger partial charge in [-0.1, -0.05) is 48.6 Å². The number of rotatable bonds is 5. The number of benzene rings is 2. The van der Waals surface area contributed by atoms with Crippen molar-refractivity contribution < 1.29 is 14.4 Å². The molecule has 6 heteroatoms. The van der Waals surface area contributed by atoms with Crippen LogP contribution in [0.15, 0.2) is 79.0 Å².